The standard InChI is InChI=1S/C29H39FO7/c1-6-8-24(35)37-29(22(33)15-36-23(34)7-2)16(3)13-19-17-9-10-18-26(30)20(31)11-12-27(18,4)25(17)21(32)14-28(19,29)5/h11-12,16-17,19,21,25,32H,6-10,13-15H2,1-5H3/t16-,17-,19-,21-,25+,27-,28-,29+/m0/s1. The van der Waals surface area contributed by atoms with Gasteiger partial charge in [-0.05, 0) is 55.6 Å². The zero-order valence-corrected chi connectivity index (χ0v) is 22.5. The van der Waals surface area contributed by atoms with Crippen LogP contribution in [0.5, 0.6) is 0 Å². The number of ether oxygens (including phenoxy) is 2. The number of esters is 2. The van der Waals surface area contributed by atoms with Crippen molar-refractivity contribution in [3.8, 4) is 0 Å². The fourth-order valence-electron chi connectivity index (χ4n) is 8.39. The van der Waals surface area contributed by atoms with Crippen LogP contribution >= 0.6 is 0 Å². The lowest BCUT2D eigenvalue weighted by Gasteiger charge is -2.60. The number of aliphatic hydroxyl groups excluding tert-OH is 1. The van der Waals surface area contributed by atoms with E-state index in [1.807, 2.05) is 27.7 Å². The summed E-state index contributed by atoms with van der Waals surface area (Å²) >= 11 is 0. The van der Waals surface area contributed by atoms with Gasteiger partial charge in [-0.25, -0.2) is 4.39 Å². The number of Topliss-reactive ketones (excluding diaryl/α,β-unsaturated/α-hetero) is 1. The molecule has 3 saturated carbocycles. The topological polar surface area (TPSA) is 107 Å². The zero-order chi connectivity index (χ0) is 27.3. The number of rotatable bonds is 7. The fraction of sp³-hybridized carbons (Fsp3) is 0.724. The van der Waals surface area contributed by atoms with Crippen LogP contribution in [-0.4, -0.2) is 46.9 Å². The average molecular weight is 519 g/mol. The summed E-state index contributed by atoms with van der Waals surface area (Å²) < 4.78 is 26.3. The van der Waals surface area contributed by atoms with Crippen molar-refractivity contribution in [3.63, 3.8) is 0 Å². The molecular weight excluding hydrogens is 479 g/mol. The summed E-state index contributed by atoms with van der Waals surface area (Å²) in [5.41, 5.74) is -2.82. The minimum Gasteiger partial charge on any atom is -0.457 e. The van der Waals surface area contributed by atoms with Crippen molar-refractivity contribution in [3.05, 3.63) is 23.6 Å². The molecule has 0 spiro atoms. The maximum Gasteiger partial charge on any atom is 0.306 e. The van der Waals surface area contributed by atoms with Crippen LogP contribution in [0.2, 0.25) is 0 Å². The Balaban J connectivity index is 1.77. The molecular formula is C29H39FO7. The summed E-state index contributed by atoms with van der Waals surface area (Å²) in [7, 11) is 0. The number of halogens is 1. The van der Waals surface area contributed by atoms with Crippen LogP contribution in [0.4, 0.5) is 4.39 Å². The second-order valence-corrected chi connectivity index (χ2v) is 11.8. The number of carbonyl (C=O) groups is 4. The number of fused-ring (bicyclic) bond motifs is 5. The predicted molar refractivity (Wildman–Crippen MR) is 133 cm³/mol. The van der Waals surface area contributed by atoms with E-state index in [1.54, 1.807) is 13.0 Å². The summed E-state index contributed by atoms with van der Waals surface area (Å²) in [5.74, 6) is -3.70. The molecule has 0 heterocycles. The molecule has 7 nitrogen and oxygen atoms in total. The molecule has 0 unspecified atom stereocenters. The monoisotopic (exact) mass is 518 g/mol. The number of carbonyl (C=O) groups excluding carboxylic acids is 4. The second kappa shape index (κ2) is 9.75. The Hall–Kier alpha value is -2.35. The van der Waals surface area contributed by atoms with E-state index in [4.69, 9.17) is 9.47 Å². The molecule has 4 aliphatic carbocycles. The van der Waals surface area contributed by atoms with Crippen LogP contribution in [0, 0.1) is 34.5 Å². The summed E-state index contributed by atoms with van der Waals surface area (Å²) in [6.07, 6.45) is 4.60. The average Bonchev–Trinajstić information content (AvgIpc) is 3.06. The second-order valence-electron chi connectivity index (χ2n) is 11.8. The molecule has 8 atom stereocenters. The van der Waals surface area contributed by atoms with Crippen LogP contribution in [-0.2, 0) is 28.7 Å². The van der Waals surface area contributed by atoms with Crippen molar-refractivity contribution >= 4 is 23.5 Å². The lowest BCUT2D eigenvalue weighted by Crippen LogP contribution is -2.64. The molecule has 37 heavy (non-hydrogen) atoms. The van der Waals surface area contributed by atoms with Gasteiger partial charge >= 0.3 is 11.9 Å². The molecule has 3 fully saturated rings. The highest BCUT2D eigenvalue weighted by Gasteiger charge is 2.73. The van der Waals surface area contributed by atoms with Gasteiger partial charge in [0.25, 0.3) is 0 Å². The molecule has 8 heteroatoms. The van der Waals surface area contributed by atoms with Crippen molar-refractivity contribution in [1.29, 1.82) is 0 Å². The van der Waals surface area contributed by atoms with Crippen molar-refractivity contribution in [2.24, 2.45) is 34.5 Å². The van der Waals surface area contributed by atoms with Gasteiger partial charge in [0, 0.05) is 35.5 Å². The molecule has 0 radical (unpaired) electrons. The number of ketones is 2. The molecule has 0 aliphatic heterocycles. The molecule has 0 amide bonds. The highest BCUT2D eigenvalue weighted by atomic mass is 19.1. The predicted octanol–water partition coefficient (Wildman–Crippen LogP) is 4.41. The number of allylic oxidation sites excluding steroid dienone is 4. The van der Waals surface area contributed by atoms with E-state index < -0.39 is 58.5 Å². The van der Waals surface area contributed by atoms with E-state index in [1.165, 1.54) is 6.08 Å². The van der Waals surface area contributed by atoms with Gasteiger partial charge in [0.2, 0.25) is 11.6 Å². The van der Waals surface area contributed by atoms with Gasteiger partial charge in [-0.15, -0.1) is 0 Å². The maximum atomic E-state index is 14.9. The van der Waals surface area contributed by atoms with Crippen molar-refractivity contribution < 1.29 is 38.1 Å². The largest absolute Gasteiger partial charge is 0.457 e. The Morgan fingerprint density at radius 2 is 1.89 bits per heavy atom. The smallest absolute Gasteiger partial charge is 0.306 e. The first-order valence-electron chi connectivity index (χ1n) is 13.6. The van der Waals surface area contributed by atoms with Crippen LogP contribution in [0.15, 0.2) is 23.6 Å². The van der Waals surface area contributed by atoms with Crippen LogP contribution in [0.25, 0.3) is 0 Å². The van der Waals surface area contributed by atoms with E-state index in [0.717, 1.165) is 0 Å². The van der Waals surface area contributed by atoms with Gasteiger partial charge in [0.1, 0.15) is 0 Å². The zero-order valence-electron chi connectivity index (χ0n) is 22.5. The van der Waals surface area contributed by atoms with Crippen molar-refractivity contribution in [2.45, 2.75) is 91.3 Å². The van der Waals surface area contributed by atoms with Crippen molar-refractivity contribution in [2.75, 3.05) is 6.61 Å². The molecule has 0 aromatic rings. The van der Waals surface area contributed by atoms with Crippen LogP contribution < -0.4 is 0 Å². The van der Waals surface area contributed by atoms with Gasteiger partial charge in [-0.2, -0.15) is 0 Å². The van der Waals surface area contributed by atoms with Gasteiger partial charge in [-0.3, -0.25) is 19.2 Å². The van der Waals surface area contributed by atoms with E-state index >= 15 is 0 Å². The van der Waals surface area contributed by atoms with Gasteiger partial charge in [0.05, 0.1) is 6.10 Å². The molecule has 4 rings (SSSR count). The minimum atomic E-state index is -1.55. The maximum absolute atomic E-state index is 14.9. The van der Waals surface area contributed by atoms with E-state index in [9.17, 15) is 28.7 Å². The molecule has 0 aromatic heterocycles. The van der Waals surface area contributed by atoms with Gasteiger partial charge in [0.15, 0.2) is 18.0 Å². The summed E-state index contributed by atoms with van der Waals surface area (Å²) in [4.78, 5) is 50.7. The third-order valence-electron chi connectivity index (χ3n) is 9.92. The molecule has 204 valence electrons. The Morgan fingerprint density at radius 3 is 2.54 bits per heavy atom. The quantitative estimate of drug-likeness (QED) is 0.498. The molecule has 0 saturated heterocycles. The van der Waals surface area contributed by atoms with Gasteiger partial charge in [-0.1, -0.05) is 40.7 Å². The molecule has 0 bridgehead atoms. The van der Waals surface area contributed by atoms with Gasteiger partial charge < -0.3 is 14.6 Å². The highest BCUT2D eigenvalue weighted by molar-refractivity contribution is 6.04. The SMILES string of the molecule is CCCC(=O)O[C@@]1(C(=O)COC(=O)CC)[C@@H](C)C[C@H]2[C@@H]3CCC4=C(F)C(=O)C=C[C@]4(C)[C@H]3[C@@H](O)C[C@@]21C. The fourth-order valence-corrected chi connectivity index (χ4v) is 8.39. The number of hydrogen-bond acceptors (Lipinski definition) is 7. The summed E-state index contributed by atoms with van der Waals surface area (Å²) in [6.45, 7) is 8.68. The third kappa shape index (κ3) is 4.01. The number of aliphatic hydroxyl groups is 1. The summed E-state index contributed by atoms with van der Waals surface area (Å²) in [5, 5.41) is 11.7. The first-order valence-corrected chi connectivity index (χ1v) is 13.6. The van der Waals surface area contributed by atoms with Crippen molar-refractivity contribution in [1.82, 2.24) is 0 Å². The summed E-state index contributed by atoms with van der Waals surface area (Å²) in [6, 6.07) is 0. The molecule has 1 N–H and O–H groups in total. The lowest BCUT2D eigenvalue weighted by molar-refractivity contribution is -0.206. The minimum absolute atomic E-state index is 0.0756. The Morgan fingerprint density at radius 1 is 1.19 bits per heavy atom. The van der Waals surface area contributed by atoms with Crippen LogP contribution in [0.3, 0.4) is 0 Å². The van der Waals surface area contributed by atoms with E-state index in [0.29, 0.717) is 31.3 Å². The molecule has 0 aromatic carbocycles. The normalized spacial score (nSPS) is 40.5. The Kier molecular flexibility index (Phi) is 7.30. The molecule has 4 aliphatic rings. The Bertz CT molecular complexity index is 1060. The number of hydrogen-bond donors (Lipinski definition) is 1. The lowest BCUT2D eigenvalue weighted by atomic mass is 9.46. The highest BCUT2D eigenvalue weighted by Crippen LogP contribution is 2.69. The Labute approximate surface area is 217 Å². The van der Waals surface area contributed by atoms with E-state index in [-0.39, 0.29) is 42.9 Å². The third-order valence-corrected chi connectivity index (χ3v) is 9.92. The first kappa shape index (κ1) is 27.7. The van der Waals surface area contributed by atoms with Crippen LogP contribution in [0.1, 0.15) is 79.6 Å². The first-order chi connectivity index (χ1) is 17.4. The van der Waals surface area contributed by atoms with E-state index in [2.05, 4.69) is 0 Å².